The first-order valence-electron chi connectivity index (χ1n) is 6.99. The van der Waals surface area contributed by atoms with Crippen LogP contribution in [0.2, 0.25) is 0 Å². The summed E-state index contributed by atoms with van der Waals surface area (Å²) in [5.74, 6) is 0.323. The maximum absolute atomic E-state index is 12.7. The van der Waals surface area contributed by atoms with Crippen LogP contribution in [-0.2, 0) is 4.79 Å². The van der Waals surface area contributed by atoms with Gasteiger partial charge in [0.1, 0.15) is 0 Å². The largest absolute Gasteiger partial charge is 0.341 e. The number of nitrogens with one attached hydrogen (secondary N) is 1. The van der Waals surface area contributed by atoms with Crippen molar-refractivity contribution in [3.8, 4) is 0 Å². The number of carbonyl (C=O) groups excluding carboxylic acids is 1. The first kappa shape index (κ1) is 12.8. The van der Waals surface area contributed by atoms with Crippen LogP contribution in [0.5, 0.6) is 0 Å². The Balaban J connectivity index is 2.04. The highest BCUT2D eigenvalue weighted by Gasteiger charge is 2.40. The molecule has 0 atom stereocenters. The van der Waals surface area contributed by atoms with Gasteiger partial charge in [-0.2, -0.15) is 0 Å². The number of nitrogens with two attached hydrogens (primary N) is 1. The van der Waals surface area contributed by atoms with Crippen LogP contribution in [0.3, 0.4) is 0 Å². The van der Waals surface area contributed by atoms with E-state index in [1.807, 2.05) is 4.90 Å². The molecule has 3 N–H and O–H groups in total. The third-order valence-electron chi connectivity index (χ3n) is 4.28. The summed E-state index contributed by atoms with van der Waals surface area (Å²) in [5.41, 5.74) is 5.69. The van der Waals surface area contributed by atoms with Gasteiger partial charge >= 0.3 is 0 Å². The fourth-order valence-corrected chi connectivity index (χ4v) is 3.12. The lowest BCUT2D eigenvalue weighted by atomic mass is 9.73. The van der Waals surface area contributed by atoms with Crippen LogP contribution < -0.4 is 11.1 Å². The van der Waals surface area contributed by atoms with E-state index in [0.717, 1.165) is 58.3 Å². The fraction of sp³-hybridized carbons (Fsp3) is 0.923. The zero-order valence-corrected chi connectivity index (χ0v) is 10.7. The van der Waals surface area contributed by atoms with Crippen molar-refractivity contribution >= 4 is 5.91 Å². The number of hydrogen-bond donors (Lipinski definition) is 2. The van der Waals surface area contributed by atoms with Crippen LogP contribution in [0.1, 0.15) is 38.5 Å². The van der Waals surface area contributed by atoms with Crippen molar-refractivity contribution in [2.45, 2.75) is 38.5 Å². The number of carbonyl (C=O) groups is 1. The summed E-state index contributed by atoms with van der Waals surface area (Å²) in [7, 11) is 0. The van der Waals surface area contributed by atoms with Gasteiger partial charge < -0.3 is 16.0 Å². The second-order valence-corrected chi connectivity index (χ2v) is 5.44. The van der Waals surface area contributed by atoms with Crippen molar-refractivity contribution in [2.24, 2.45) is 11.1 Å². The normalized spacial score (nSPS) is 25.4. The molecule has 2 aliphatic rings. The lowest BCUT2D eigenvalue weighted by molar-refractivity contribution is -0.143. The first-order valence-corrected chi connectivity index (χ1v) is 6.99. The van der Waals surface area contributed by atoms with Crippen molar-refractivity contribution in [1.82, 2.24) is 10.2 Å². The highest BCUT2D eigenvalue weighted by atomic mass is 16.2. The van der Waals surface area contributed by atoms with E-state index in [4.69, 9.17) is 5.73 Å². The van der Waals surface area contributed by atoms with E-state index in [9.17, 15) is 4.79 Å². The molecule has 0 unspecified atom stereocenters. The van der Waals surface area contributed by atoms with Gasteiger partial charge in [0.2, 0.25) is 5.91 Å². The van der Waals surface area contributed by atoms with Gasteiger partial charge in [-0.3, -0.25) is 4.79 Å². The zero-order chi connectivity index (χ0) is 12.1. The zero-order valence-electron chi connectivity index (χ0n) is 10.7. The molecule has 1 saturated heterocycles. The van der Waals surface area contributed by atoms with Gasteiger partial charge in [-0.1, -0.05) is 19.3 Å². The van der Waals surface area contributed by atoms with E-state index < -0.39 is 0 Å². The Morgan fingerprint density at radius 2 is 1.88 bits per heavy atom. The molecule has 1 saturated carbocycles. The van der Waals surface area contributed by atoms with Gasteiger partial charge in [0.15, 0.2) is 0 Å². The molecular weight excluding hydrogens is 214 g/mol. The SMILES string of the molecule is NCC1(C(=O)N2CCCNCC2)CCCCC1. The van der Waals surface area contributed by atoms with Gasteiger partial charge in [0.05, 0.1) is 5.41 Å². The van der Waals surface area contributed by atoms with Gasteiger partial charge in [0.25, 0.3) is 0 Å². The van der Waals surface area contributed by atoms with Crippen LogP contribution in [0, 0.1) is 5.41 Å². The van der Waals surface area contributed by atoms with E-state index in [-0.39, 0.29) is 5.41 Å². The number of hydrogen-bond acceptors (Lipinski definition) is 3. The van der Waals surface area contributed by atoms with Crippen molar-refractivity contribution in [1.29, 1.82) is 0 Å². The third kappa shape index (κ3) is 2.80. The fourth-order valence-electron chi connectivity index (χ4n) is 3.12. The predicted molar refractivity (Wildman–Crippen MR) is 68.6 cm³/mol. The van der Waals surface area contributed by atoms with E-state index in [2.05, 4.69) is 5.32 Å². The summed E-state index contributed by atoms with van der Waals surface area (Å²) < 4.78 is 0. The second-order valence-electron chi connectivity index (χ2n) is 5.44. The highest BCUT2D eigenvalue weighted by Crippen LogP contribution is 2.37. The molecule has 1 aliphatic heterocycles. The Kier molecular flexibility index (Phi) is 4.40. The lowest BCUT2D eigenvalue weighted by Crippen LogP contribution is -2.50. The Morgan fingerprint density at radius 3 is 2.59 bits per heavy atom. The van der Waals surface area contributed by atoms with E-state index in [1.165, 1.54) is 6.42 Å². The van der Waals surface area contributed by atoms with Crippen LogP contribution in [0.4, 0.5) is 0 Å². The van der Waals surface area contributed by atoms with Gasteiger partial charge in [-0.15, -0.1) is 0 Å². The first-order chi connectivity index (χ1) is 8.28. The number of rotatable bonds is 2. The standard InChI is InChI=1S/C13H25N3O/c14-11-13(5-2-1-3-6-13)12(17)16-9-4-7-15-8-10-16/h15H,1-11,14H2. The van der Waals surface area contributed by atoms with Gasteiger partial charge in [0, 0.05) is 26.2 Å². The molecular formula is C13H25N3O. The maximum atomic E-state index is 12.7. The summed E-state index contributed by atoms with van der Waals surface area (Å²) in [5, 5.41) is 3.34. The maximum Gasteiger partial charge on any atom is 0.230 e. The molecule has 4 heteroatoms. The quantitative estimate of drug-likeness (QED) is 0.746. The van der Waals surface area contributed by atoms with Crippen molar-refractivity contribution in [2.75, 3.05) is 32.7 Å². The molecule has 1 aliphatic carbocycles. The molecule has 0 bridgehead atoms. The Bertz CT molecular complexity index is 253. The average Bonchev–Trinajstić information content (AvgIpc) is 2.67. The molecule has 2 rings (SSSR count). The predicted octanol–water partition coefficient (Wildman–Crippen LogP) is 0.717. The summed E-state index contributed by atoms with van der Waals surface area (Å²) >= 11 is 0. The second kappa shape index (κ2) is 5.83. The van der Waals surface area contributed by atoms with E-state index in [0.29, 0.717) is 12.5 Å². The highest BCUT2D eigenvalue weighted by molar-refractivity contribution is 5.83. The summed E-state index contributed by atoms with van der Waals surface area (Å²) in [4.78, 5) is 14.7. The molecule has 17 heavy (non-hydrogen) atoms. The molecule has 1 heterocycles. The van der Waals surface area contributed by atoms with Crippen molar-refractivity contribution in [3.63, 3.8) is 0 Å². The van der Waals surface area contributed by atoms with Gasteiger partial charge in [-0.05, 0) is 25.8 Å². The molecule has 0 radical (unpaired) electrons. The van der Waals surface area contributed by atoms with E-state index in [1.54, 1.807) is 0 Å². The minimum Gasteiger partial charge on any atom is -0.341 e. The topological polar surface area (TPSA) is 58.4 Å². The van der Waals surface area contributed by atoms with Crippen LogP contribution in [0.15, 0.2) is 0 Å². The molecule has 1 amide bonds. The Hall–Kier alpha value is -0.610. The molecule has 0 aromatic rings. The lowest BCUT2D eigenvalue weighted by Gasteiger charge is -2.38. The summed E-state index contributed by atoms with van der Waals surface area (Å²) in [6.45, 7) is 4.22. The molecule has 0 aromatic carbocycles. The Labute approximate surface area is 104 Å². The summed E-state index contributed by atoms with van der Waals surface area (Å²) in [6.07, 6.45) is 6.63. The number of nitrogens with zero attached hydrogens (tertiary/aromatic N) is 1. The van der Waals surface area contributed by atoms with Crippen molar-refractivity contribution < 1.29 is 4.79 Å². The van der Waals surface area contributed by atoms with Crippen LogP contribution >= 0.6 is 0 Å². The third-order valence-corrected chi connectivity index (χ3v) is 4.28. The van der Waals surface area contributed by atoms with Crippen LogP contribution in [0.25, 0.3) is 0 Å². The van der Waals surface area contributed by atoms with E-state index >= 15 is 0 Å². The molecule has 0 spiro atoms. The average molecular weight is 239 g/mol. The smallest absolute Gasteiger partial charge is 0.230 e. The monoisotopic (exact) mass is 239 g/mol. The Morgan fingerprint density at radius 1 is 1.12 bits per heavy atom. The molecule has 2 fully saturated rings. The minimum atomic E-state index is -0.234. The minimum absolute atomic E-state index is 0.234. The molecule has 0 aromatic heterocycles. The van der Waals surface area contributed by atoms with Crippen molar-refractivity contribution in [3.05, 3.63) is 0 Å². The number of amides is 1. The summed E-state index contributed by atoms with van der Waals surface area (Å²) in [6, 6.07) is 0. The molecule has 98 valence electrons. The molecule has 4 nitrogen and oxygen atoms in total. The van der Waals surface area contributed by atoms with Gasteiger partial charge in [-0.25, -0.2) is 0 Å². The van der Waals surface area contributed by atoms with Crippen LogP contribution in [-0.4, -0.2) is 43.5 Å².